The van der Waals surface area contributed by atoms with E-state index in [0.29, 0.717) is 16.5 Å². The van der Waals surface area contributed by atoms with Crippen molar-refractivity contribution in [3.63, 3.8) is 0 Å². The van der Waals surface area contributed by atoms with Crippen molar-refractivity contribution in [1.29, 1.82) is 0 Å². The lowest BCUT2D eigenvalue weighted by atomic mass is 10.2. The van der Waals surface area contributed by atoms with Crippen molar-refractivity contribution in [3.05, 3.63) is 64.2 Å². The minimum absolute atomic E-state index is 0.0524. The topological polar surface area (TPSA) is 24.9 Å². The highest BCUT2D eigenvalue weighted by Gasteiger charge is 2.30. The SMILES string of the molecule is Fc1ccc(-c2csc(Nc3ccc(C(F)(F)F)cc3Cl)n2)cc1. The molecule has 0 spiro atoms. The zero-order chi connectivity index (χ0) is 17.3. The van der Waals surface area contributed by atoms with Gasteiger partial charge in [-0.2, -0.15) is 13.2 Å². The van der Waals surface area contributed by atoms with Crippen LogP contribution in [0.1, 0.15) is 5.56 Å². The zero-order valence-electron chi connectivity index (χ0n) is 11.9. The van der Waals surface area contributed by atoms with Crippen molar-refractivity contribution < 1.29 is 17.6 Å². The Balaban J connectivity index is 1.81. The molecule has 0 aliphatic carbocycles. The average molecular weight is 373 g/mol. The number of thiazole rings is 1. The first-order chi connectivity index (χ1) is 11.3. The molecule has 0 bridgehead atoms. The van der Waals surface area contributed by atoms with Crippen LogP contribution in [0.3, 0.4) is 0 Å². The Morgan fingerprint density at radius 2 is 1.75 bits per heavy atom. The van der Waals surface area contributed by atoms with Crippen molar-refractivity contribution >= 4 is 33.8 Å². The molecule has 0 aliphatic rings. The third-order valence-corrected chi connectivity index (χ3v) is 4.25. The maximum Gasteiger partial charge on any atom is 0.416 e. The van der Waals surface area contributed by atoms with Crippen LogP contribution in [0.4, 0.5) is 28.4 Å². The van der Waals surface area contributed by atoms with Crippen molar-refractivity contribution in [3.8, 4) is 11.3 Å². The van der Waals surface area contributed by atoms with Crippen LogP contribution >= 0.6 is 22.9 Å². The van der Waals surface area contributed by atoms with E-state index in [2.05, 4.69) is 10.3 Å². The van der Waals surface area contributed by atoms with Gasteiger partial charge in [0.1, 0.15) is 5.82 Å². The summed E-state index contributed by atoms with van der Waals surface area (Å²) >= 11 is 7.16. The summed E-state index contributed by atoms with van der Waals surface area (Å²) < 4.78 is 50.8. The molecule has 3 rings (SSSR count). The van der Waals surface area contributed by atoms with E-state index in [4.69, 9.17) is 11.6 Å². The molecule has 0 fully saturated rings. The minimum Gasteiger partial charge on any atom is -0.330 e. The number of alkyl halides is 3. The van der Waals surface area contributed by atoms with Gasteiger partial charge in [-0.25, -0.2) is 9.37 Å². The summed E-state index contributed by atoms with van der Waals surface area (Å²) in [5.74, 6) is -0.344. The van der Waals surface area contributed by atoms with E-state index in [1.165, 1.54) is 29.5 Å². The highest BCUT2D eigenvalue weighted by Crippen LogP contribution is 2.35. The lowest BCUT2D eigenvalue weighted by Crippen LogP contribution is -2.05. The van der Waals surface area contributed by atoms with Crippen LogP contribution in [0.25, 0.3) is 11.3 Å². The maximum atomic E-state index is 12.9. The molecule has 24 heavy (non-hydrogen) atoms. The second-order valence-electron chi connectivity index (χ2n) is 4.86. The lowest BCUT2D eigenvalue weighted by Gasteiger charge is -2.10. The fourth-order valence-corrected chi connectivity index (χ4v) is 2.95. The van der Waals surface area contributed by atoms with E-state index in [-0.39, 0.29) is 10.8 Å². The van der Waals surface area contributed by atoms with Crippen LogP contribution in [0, 0.1) is 5.82 Å². The quantitative estimate of drug-likeness (QED) is 0.541. The Morgan fingerprint density at radius 3 is 2.38 bits per heavy atom. The number of hydrogen-bond acceptors (Lipinski definition) is 3. The standard InChI is InChI=1S/C16H9ClF4N2S/c17-12-7-10(16(19,20)21)3-6-13(12)22-15-23-14(8-24-15)9-1-4-11(18)5-2-9/h1-8H,(H,22,23). The van der Waals surface area contributed by atoms with E-state index in [1.807, 2.05) is 0 Å². The van der Waals surface area contributed by atoms with E-state index >= 15 is 0 Å². The molecule has 1 heterocycles. The highest BCUT2D eigenvalue weighted by molar-refractivity contribution is 7.14. The maximum absolute atomic E-state index is 12.9. The van der Waals surface area contributed by atoms with Gasteiger partial charge in [-0.3, -0.25) is 0 Å². The van der Waals surface area contributed by atoms with Crippen molar-refractivity contribution in [2.45, 2.75) is 6.18 Å². The van der Waals surface area contributed by atoms with Gasteiger partial charge < -0.3 is 5.32 Å². The van der Waals surface area contributed by atoms with Crippen LogP contribution in [-0.4, -0.2) is 4.98 Å². The number of hydrogen-bond donors (Lipinski definition) is 1. The summed E-state index contributed by atoms with van der Waals surface area (Å²) in [6.45, 7) is 0. The molecule has 8 heteroatoms. The van der Waals surface area contributed by atoms with E-state index in [0.717, 1.165) is 17.7 Å². The number of rotatable bonds is 3. The lowest BCUT2D eigenvalue weighted by molar-refractivity contribution is -0.137. The van der Waals surface area contributed by atoms with Crippen molar-refractivity contribution in [2.24, 2.45) is 0 Å². The molecule has 0 saturated heterocycles. The van der Waals surface area contributed by atoms with Gasteiger partial charge in [0.25, 0.3) is 0 Å². The van der Waals surface area contributed by atoms with Gasteiger partial charge in [0.2, 0.25) is 0 Å². The Hall–Kier alpha value is -2.12. The average Bonchev–Trinajstić information content (AvgIpc) is 2.97. The molecule has 0 atom stereocenters. The summed E-state index contributed by atoms with van der Waals surface area (Å²) in [6.07, 6.45) is -4.45. The zero-order valence-corrected chi connectivity index (χ0v) is 13.4. The molecule has 0 aliphatic heterocycles. The van der Waals surface area contributed by atoms with Gasteiger partial charge in [0, 0.05) is 10.9 Å². The van der Waals surface area contributed by atoms with Crippen molar-refractivity contribution in [2.75, 3.05) is 5.32 Å². The monoisotopic (exact) mass is 372 g/mol. The molecular formula is C16H9ClF4N2S. The Bertz CT molecular complexity index is 859. The van der Waals surface area contributed by atoms with Gasteiger partial charge >= 0.3 is 6.18 Å². The summed E-state index contributed by atoms with van der Waals surface area (Å²) in [6, 6.07) is 8.91. The molecule has 2 nitrogen and oxygen atoms in total. The number of nitrogens with zero attached hydrogens (tertiary/aromatic N) is 1. The summed E-state index contributed by atoms with van der Waals surface area (Å²) in [5, 5.41) is 5.06. The van der Waals surface area contributed by atoms with Crippen LogP contribution in [-0.2, 0) is 6.18 Å². The first-order valence-corrected chi connectivity index (χ1v) is 7.94. The molecular weight excluding hydrogens is 364 g/mol. The molecule has 1 N–H and O–H groups in total. The molecule has 0 saturated carbocycles. The van der Waals surface area contributed by atoms with Crippen LogP contribution in [0.15, 0.2) is 47.8 Å². The largest absolute Gasteiger partial charge is 0.416 e. The fourth-order valence-electron chi connectivity index (χ4n) is 1.99. The predicted octanol–water partition coefficient (Wildman–Crippen LogP) is 6.37. The number of nitrogens with one attached hydrogen (secondary N) is 1. The van der Waals surface area contributed by atoms with Gasteiger partial charge in [0.15, 0.2) is 5.13 Å². The number of benzene rings is 2. The predicted molar refractivity (Wildman–Crippen MR) is 87.2 cm³/mol. The van der Waals surface area contributed by atoms with Crippen LogP contribution in [0.5, 0.6) is 0 Å². The Labute approximate surface area is 143 Å². The third kappa shape index (κ3) is 3.68. The molecule has 124 valence electrons. The summed E-state index contributed by atoms with van der Waals surface area (Å²) in [4.78, 5) is 4.32. The molecule has 2 aromatic carbocycles. The van der Waals surface area contributed by atoms with Gasteiger partial charge in [-0.1, -0.05) is 11.6 Å². The first-order valence-electron chi connectivity index (χ1n) is 6.68. The number of halogens is 5. The molecule has 0 radical (unpaired) electrons. The fraction of sp³-hybridized carbons (Fsp3) is 0.0625. The number of anilines is 2. The Morgan fingerprint density at radius 1 is 1.04 bits per heavy atom. The first kappa shape index (κ1) is 16.7. The highest BCUT2D eigenvalue weighted by atomic mass is 35.5. The molecule has 3 aromatic rings. The molecule has 0 amide bonds. The van der Waals surface area contributed by atoms with Gasteiger partial charge in [-0.05, 0) is 42.5 Å². The molecule has 1 aromatic heterocycles. The molecule has 0 unspecified atom stereocenters. The van der Waals surface area contributed by atoms with Crippen LogP contribution in [0.2, 0.25) is 5.02 Å². The van der Waals surface area contributed by atoms with E-state index in [9.17, 15) is 17.6 Å². The second kappa shape index (κ2) is 6.41. The third-order valence-electron chi connectivity index (χ3n) is 3.18. The van der Waals surface area contributed by atoms with Gasteiger partial charge in [-0.15, -0.1) is 11.3 Å². The summed E-state index contributed by atoms with van der Waals surface area (Å²) in [5.41, 5.74) is 0.874. The smallest absolute Gasteiger partial charge is 0.330 e. The second-order valence-corrected chi connectivity index (χ2v) is 6.13. The Kier molecular flexibility index (Phi) is 4.47. The van der Waals surface area contributed by atoms with E-state index in [1.54, 1.807) is 17.5 Å². The van der Waals surface area contributed by atoms with Gasteiger partial charge in [0.05, 0.1) is 22.0 Å². The van der Waals surface area contributed by atoms with E-state index < -0.39 is 11.7 Å². The minimum atomic E-state index is -4.45. The summed E-state index contributed by atoms with van der Waals surface area (Å²) in [7, 11) is 0. The van der Waals surface area contributed by atoms with Crippen molar-refractivity contribution in [1.82, 2.24) is 4.98 Å². The number of aromatic nitrogens is 1. The normalized spacial score (nSPS) is 11.5. The van der Waals surface area contributed by atoms with Crippen LogP contribution < -0.4 is 5.32 Å².